The van der Waals surface area contributed by atoms with Crippen molar-refractivity contribution in [2.45, 2.75) is 75.7 Å². The van der Waals surface area contributed by atoms with E-state index in [1.807, 2.05) is 0 Å². The van der Waals surface area contributed by atoms with Crippen LogP contribution in [0.25, 0.3) is 0 Å². The molecule has 0 aromatic heterocycles. The Morgan fingerprint density at radius 1 is 1.06 bits per heavy atom. The molecule has 2 N–H and O–H groups in total. The molecule has 0 heterocycles. The molecule has 5 nitrogen and oxygen atoms in total. The molecule has 6 saturated carbocycles. The molecule has 31 heavy (non-hydrogen) atoms. The van der Waals surface area contributed by atoms with Gasteiger partial charge in [-0.15, -0.1) is 0 Å². The lowest BCUT2D eigenvalue weighted by Gasteiger charge is -2.56. The fourth-order valence-electron chi connectivity index (χ4n) is 7.08. The highest BCUT2D eigenvalue weighted by Gasteiger charge is 2.52. The van der Waals surface area contributed by atoms with Crippen LogP contribution in [0.15, 0.2) is 12.1 Å². The van der Waals surface area contributed by atoms with Crippen LogP contribution in [0, 0.1) is 29.0 Å². The number of ether oxygens (including phenoxy) is 1. The summed E-state index contributed by atoms with van der Waals surface area (Å²) in [6.07, 6.45) is 10.6. The number of benzene rings is 1. The van der Waals surface area contributed by atoms with Gasteiger partial charge in [0, 0.05) is 11.5 Å². The second-order valence-electron chi connectivity index (χ2n) is 11.2. The molecule has 0 atom stereocenters. The number of rotatable bonds is 7. The molecular formula is C25H30FNO4. The number of aliphatic carboxylic acids is 1. The number of carbonyl (C=O) groups is 2. The predicted molar refractivity (Wildman–Crippen MR) is 112 cm³/mol. The molecule has 1 amide bonds. The number of carboxylic acid groups (broad SMARTS) is 1. The molecule has 1 aromatic carbocycles. The van der Waals surface area contributed by atoms with Crippen LogP contribution in [-0.4, -0.2) is 29.1 Å². The molecular weight excluding hydrogens is 397 g/mol. The zero-order valence-electron chi connectivity index (χ0n) is 17.8. The summed E-state index contributed by atoms with van der Waals surface area (Å²) in [6.45, 7) is 0.642. The number of carbonyl (C=O) groups excluding carboxylic acids is 1. The summed E-state index contributed by atoms with van der Waals surface area (Å²) in [4.78, 5) is 24.1. The van der Waals surface area contributed by atoms with Crippen molar-refractivity contribution in [3.05, 3.63) is 29.1 Å². The third-order valence-corrected chi connectivity index (χ3v) is 8.57. The largest absolute Gasteiger partial charge is 0.493 e. The normalized spacial score (nSPS) is 34.4. The van der Waals surface area contributed by atoms with Gasteiger partial charge in [0.15, 0.2) is 0 Å². The van der Waals surface area contributed by atoms with Crippen LogP contribution in [0.1, 0.15) is 86.0 Å². The minimum absolute atomic E-state index is 0.0726. The standard InChI is InChI=1S/C25H30FNO4/c26-20-9-21(31-13-24-10-14-5-15(11-24)7-16(6-14)12-24)18(17-1-2-17)8-19(20)22(28)27-25(3-4-25)23(29)30/h8-9,14-17H,1-7,10-13H2,(H,27,28)(H,29,30). The molecule has 0 aliphatic heterocycles. The number of nitrogens with one attached hydrogen (secondary N) is 1. The maximum absolute atomic E-state index is 15.0. The molecule has 7 rings (SSSR count). The topological polar surface area (TPSA) is 75.6 Å². The predicted octanol–water partition coefficient (Wildman–Crippen LogP) is 4.65. The SMILES string of the molecule is O=C(NC1(C(=O)O)CC1)c1cc(C2CC2)c(OCC23CC4CC(CC(C4)C2)C3)cc1F. The van der Waals surface area contributed by atoms with E-state index in [1.54, 1.807) is 6.07 Å². The number of amides is 1. The Kier molecular flexibility index (Phi) is 4.22. The van der Waals surface area contributed by atoms with Gasteiger partial charge >= 0.3 is 5.97 Å². The van der Waals surface area contributed by atoms with Gasteiger partial charge in [0.1, 0.15) is 17.1 Å². The molecule has 166 valence electrons. The van der Waals surface area contributed by atoms with E-state index < -0.39 is 23.2 Å². The first kappa shape index (κ1) is 19.6. The van der Waals surface area contributed by atoms with Gasteiger partial charge in [-0.25, -0.2) is 9.18 Å². The summed E-state index contributed by atoms with van der Waals surface area (Å²) < 4.78 is 21.3. The van der Waals surface area contributed by atoms with Crippen molar-refractivity contribution in [1.29, 1.82) is 0 Å². The van der Waals surface area contributed by atoms with Gasteiger partial charge in [-0.05, 0) is 99.5 Å². The summed E-state index contributed by atoms with van der Waals surface area (Å²) in [5, 5.41) is 11.9. The summed E-state index contributed by atoms with van der Waals surface area (Å²) in [5.74, 6) is 1.05. The maximum atomic E-state index is 15.0. The highest BCUT2D eigenvalue weighted by Crippen LogP contribution is 2.60. The van der Waals surface area contributed by atoms with Gasteiger partial charge in [0.05, 0.1) is 12.2 Å². The lowest BCUT2D eigenvalue weighted by Crippen LogP contribution is -2.48. The average Bonchev–Trinajstić information content (AvgIpc) is 3.60. The lowest BCUT2D eigenvalue weighted by atomic mass is 9.50. The van der Waals surface area contributed by atoms with E-state index in [0.717, 1.165) is 36.2 Å². The van der Waals surface area contributed by atoms with E-state index in [9.17, 15) is 19.1 Å². The lowest BCUT2D eigenvalue weighted by molar-refractivity contribution is -0.140. The average molecular weight is 428 g/mol. The fraction of sp³-hybridized carbons (Fsp3) is 0.680. The number of carboxylic acids is 1. The molecule has 6 aliphatic rings. The van der Waals surface area contributed by atoms with E-state index in [4.69, 9.17) is 4.74 Å². The van der Waals surface area contributed by atoms with Crippen molar-refractivity contribution in [2.24, 2.45) is 23.2 Å². The summed E-state index contributed by atoms with van der Waals surface area (Å²) in [5.41, 5.74) is -0.160. The number of halogens is 1. The highest BCUT2D eigenvalue weighted by atomic mass is 19.1. The summed E-state index contributed by atoms with van der Waals surface area (Å²) in [7, 11) is 0. The minimum Gasteiger partial charge on any atom is -0.493 e. The molecule has 0 saturated heterocycles. The first-order valence-corrected chi connectivity index (χ1v) is 11.9. The quantitative estimate of drug-likeness (QED) is 0.664. The van der Waals surface area contributed by atoms with Gasteiger partial charge in [-0.1, -0.05) is 0 Å². The zero-order valence-corrected chi connectivity index (χ0v) is 17.8. The van der Waals surface area contributed by atoms with E-state index in [2.05, 4.69) is 5.32 Å². The van der Waals surface area contributed by atoms with Crippen LogP contribution in [0.5, 0.6) is 5.75 Å². The van der Waals surface area contributed by atoms with Crippen LogP contribution in [0.3, 0.4) is 0 Å². The van der Waals surface area contributed by atoms with Crippen LogP contribution in [0.2, 0.25) is 0 Å². The second-order valence-corrected chi connectivity index (χ2v) is 11.2. The summed E-state index contributed by atoms with van der Waals surface area (Å²) >= 11 is 0. The molecule has 6 aliphatic carbocycles. The van der Waals surface area contributed by atoms with Gasteiger partial charge < -0.3 is 15.2 Å². The van der Waals surface area contributed by atoms with Crippen LogP contribution in [0.4, 0.5) is 4.39 Å². The van der Waals surface area contributed by atoms with E-state index >= 15 is 0 Å². The number of hydrogen-bond donors (Lipinski definition) is 2. The smallest absolute Gasteiger partial charge is 0.329 e. The van der Waals surface area contributed by atoms with Crippen LogP contribution in [-0.2, 0) is 4.79 Å². The van der Waals surface area contributed by atoms with E-state index in [-0.39, 0.29) is 11.0 Å². The van der Waals surface area contributed by atoms with Gasteiger partial charge in [0.2, 0.25) is 0 Å². The fourth-order valence-corrected chi connectivity index (χ4v) is 7.08. The Morgan fingerprint density at radius 3 is 2.19 bits per heavy atom. The highest BCUT2D eigenvalue weighted by molar-refractivity contribution is 5.99. The van der Waals surface area contributed by atoms with Crippen molar-refractivity contribution in [3.8, 4) is 5.75 Å². The zero-order chi connectivity index (χ0) is 21.4. The molecule has 1 aromatic rings. The van der Waals surface area contributed by atoms with Gasteiger partial charge in [0.25, 0.3) is 5.91 Å². The molecule has 0 unspecified atom stereocenters. The Morgan fingerprint density at radius 2 is 1.68 bits per heavy atom. The third kappa shape index (κ3) is 3.42. The van der Waals surface area contributed by atoms with Crippen LogP contribution < -0.4 is 10.1 Å². The summed E-state index contributed by atoms with van der Waals surface area (Å²) in [6, 6.07) is 2.97. The van der Waals surface area contributed by atoms with E-state index in [0.29, 0.717) is 31.1 Å². The van der Waals surface area contributed by atoms with E-state index in [1.165, 1.54) is 44.6 Å². The Bertz CT molecular complexity index is 914. The first-order chi connectivity index (χ1) is 14.8. The first-order valence-electron chi connectivity index (χ1n) is 11.9. The second kappa shape index (κ2) is 6.69. The Hall–Kier alpha value is -2.11. The third-order valence-electron chi connectivity index (χ3n) is 8.57. The number of hydrogen-bond acceptors (Lipinski definition) is 3. The molecule has 6 heteroatoms. The van der Waals surface area contributed by atoms with Crippen molar-refractivity contribution >= 4 is 11.9 Å². The van der Waals surface area contributed by atoms with Crippen molar-refractivity contribution in [1.82, 2.24) is 5.32 Å². The molecule has 0 radical (unpaired) electrons. The van der Waals surface area contributed by atoms with Gasteiger partial charge in [-0.3, -0.25) is 4.79 Å². The van der Waals surface area contributed by atoms with Gasteiger partial charge in [-0.2, -0.15) is 0 Å². The monoisotopic (exact) mass is 427 g/mol. The molecule has 0 spiro atoms. The minimum atomic E-state index is -1.23. The molecule has 4 bridgehead atoms. The Labute approximate surface area is 181 Å². The maximum Gasteiger partial charge on any atom is 0.329 e. The van der Waals surface area contributed by atoms with Crippen LogP contribution >= 0.6 is 0 Å². The molecule has 6 fully saturated rings. The van der Waals surface area contributed by atoms with Crippen molar-refractivity contribution in [3.63, 3.8) is 0 Å². The Balaban J connectivity index is 1.22. The van der Waals surface area contributed by atoms with Crippen molar-refractivity contribution < 1.29 is 23.8 Å². The van der Waals surface area contributed by atoms with Crippen molar-refractivity contribution in [2.75, 3.05) is 6.61 Å².